The first kappa shape index (κ1) is 21.4. The van der Waals surface area contributed by atoms with Crippen molar-refractivity contribution in [3.8, 4) is 0 Å². The highest BCUT2D eigenvalue weighted by atomic mass is 127. The van der Waals surface area contributed by atoms with Crippen molar-refractivity contribution in [2.45, 2.75) is 71.0 Å². The van der Waals surface area contributed by atoms with E-state index in [1.807, 2.05) is 18.5 Å². The van der Waals surface area contributed by atoms with Gasteiger partial charge in [0.1, 0.15) is 12.4 Å². The Hall–Kier alpha value is -0.900. The average molecular weight is 475 g/mol. The van der Waals surface area contributed by atoms with Crippen molar-refractivity contribution in [3.05, 3.63) is 11.6 Å². The van der Waals surface area contributed by atoms with Gasteiger partial charge in [0.05, 0.1) is 0 Å². The molecule has 0 atom stereocenters. The van der Waals surface area contributed by atoms with Gasteiger partial charge in [0, 0.05) is 38.8 Å². The largest absolute Gasteiger partial charge is 0.356 e. The van der Waals surface area contributed by atoms with E-state index in [1.165, 1.54) is 45.2 Å². The zero-order valence-corrected chi connectivity index (χ0v) is 18.7. The van der Waals surface area contributed by atoms with Gasteiger partial charge < -0.3 is 20.1 Å². The Morgan fingerprint density at radius 2 is 1.92 bits per heavy atom. The van der Waals surface area contributed by atoms with Gasteiger partial charge in [0.25, 0.3) is 0 Å². The van der Waals surface area contributed by atoms with Gasteiger partial charge in [-0.25, -0.2) is 4.99 Å². The molecule has 0 bridgehead atoms. The van der Waals surface area contributed by atoms with Gasteiger partial charge in [-0.1, -0.05) is 13.3 Å². The molecule has 0 aromatic carbocycles. The van der Waals surface area contributed by atoms with Gasteiger partial charge in [0.15, 0.2) is 11.8 Å². The molecule has 2 fully saturated rings. The number of unbranched alkanes of at least 4 members (excludes halogenated alkanes) is 1. The predicted molar refractivity (Wildman–Crippen MR) is 116 cm³/mol. The van der Waals surface area contributed by atoms with Crippen LogP contribution in [0.2, 0.25) is 0 Å². The van der Waals surface area contributed by atoms with E-state index < -0.39 is 0 Å². The summed E-state index contributed by atoms with van der Waals surface area (Å²) in [7, 11) is 1.99. The van der Waals surface area contributed by atoms with Crippen LogP contribution in [0.25, 0.3) is 0 Å². The summed E-state index contributed by atoms with van der Waals surface area (Å²) >= 11 is 0. The van der Waals surface area contributed by atoms with Crippen LogP contribution >= 0.6 is 24.0 Å². The summed E-state index contributed by atoms with van der Waals surface area (Å²) in [5, 5.41) is 15.4. The van der Waals surface area contributed by atoms with Crippen LogP contribution in [0.5, 0.6) is 0 Å². The van der Waals surface area contributed by atoms with Gasteiger partial charge in [-0.15, -0.1) is 34.2 Å². The Morgan fingerprint density at radius 1 is 1.19 bits per heavy atom. The van der Waals surface area contributed by atoms with Gasteiger partial charge in [-0.3, -0.25) is 0 Å². The number of aliphatic imine (C=N–C) groups is 1. The first-order chi connectivity index (χ1) is 12.2. The Labute approximate surface area is 174 Å². The highest BCUT2D eigenvalue weighted by Crippen LogP contribution is 2.29. The fourth-order valence-corrected chi connectivity index (χ4v) is 3.32. The standard InChI is InChI=1S/C18H33N7.HI/c1-4-5-10-19-18(20-13-17-23-22-14(2)24(17)3)21-15-8-11-25(12-9-15)16-6-7-16;/h15-16H,4-13H2,1-3H3,(H2,19,20,21);1H. The van der Waals surface area contributed by atoms with Crippen LogP contribution in [-0.4, -0.2) is 57.3 Å². The van der Waals surface area contributed by atoms with Crippen molar-refractivity contribution in [1.29, 1.82) is 0 Å². The number of aromatic nitrogens is 3. The lowest BCUT2D eigenvalue weighted by Gasteiger charge is -2.33. The van der Waals surface area contributed by atoms with Gasteiger partial charge in [-0.05, 0) is 39.0 Å². The van der Waals surface area contributed by atoms with Crippen LogP contribution in [0.15, 0.2) is 4.99 Å². The Bertz CT molecular complexity index is 574. The maximum Gasteiger partial charge on any atom is 0.191 e. The van der Waals surface area contributed by atoms with Crippen LogP contribution in [0.1, 0.15) is 57.1 Å². The third-order valence-electron chi connectivity index (χ3n) is 5.32. The second-order valence-electron chi connectivity index (χ2n) is 7.35. The summed E-state index contributed by atoms with van der Waals surface area (Å²) in [5.41, 5.74) is 0. The molecule has 2 N–H and O–H groups in total. The molecule has 0 radical (unpaired) electrons. The van der Waals surface area contributed by atoms with Crippen molar-refractivity contribution in [2.75, 3.05) is 19.6 Å². The molecule has 1 aliphatic carbocycles. The molecule has 7 nitrogen and oxygen atoms in total. The minimum absolute atomic E-state index is 0. The van der Waals surface area contributed by atoms with Crippen molar-refractivity contribution in [3.63, 3.8) is 0 Å². The SMILES string of the molecule is CCCCNC(=NCc1nnc(C)n1C)NC1CCN(C2CC2)CC1.I. The number of hydrogen-bond acceptors (Lipinski definition) is 4. The second-order valence-corrected chi connectivity index (χ2v) is 7.35. The Morgan fingerprint density at radius 3 is 2.50 bits per heavy atom. The fraction of sp³-hybridized carbons (Fsp3) is 0.833. The molecule has 2 aliphatic rings. The van der Waals surface area contributed by atoms with E-state index in [4.69, 9.17) is 4.99 Å². The van der Waals surface area contributed by atoms with Crippen LogP contribution in [0.4, 0.5) is 0 Å². The lowest BCUT2D eigenvalue weighted by Crippen LogP contribution is -2.49. The maximum absolute atomic E-state index is 4.76. The monoisotopic (exact) mass is 475 g/mol. The van der Waals surface area contributed by atoms with Crippen molar-refractivity contribution >= 4 is 29.9 Å². The molecule has 2 heterocycles. The summed E-state index contributed by atoms with van der Waals surface area (Å²) in [4.78, 5) is 7.41. The third kappa shape index (κ3) is 6.07. The van der Waals surface area contributed by atoms with E-state index in [-0.39, 0.29) is 24.0 Å². The lowest BCUT2D eigenvalue weighted by molar-refractivity contribution is 0.197. The number of piperidine rings is 1. The summed E-state index contributed by atoms with van der Waals surface area (Å²) < 4.78 is 2.00. The molecule has 0 amide bonds. The third-order valence-corrected chi connectivity index (χ3v) is 5.32. The Kier molecular flexibility index (Phi) is 8.59. The van der Waals surface area contributed by atoms with E-state index in [2.05, 4.69) is 32.7 Å². The molecule has 0 unspecified atom stereocenters. The lowest BCUT2D eigenvalue weighted by atomic mass is 10.1. The van der Waals surface area contributed by atoms with E-state index in [0.29, 0.717) is 12.6 Å². The highest BCUT2D eigenvalue weighted by molar-refractivity contribution is 14.0. The first-order valence-electron chi connectivity index (χ1n) is 9.81. The topological polar surface area (TPSA) is 70.4 Å². The fourth-order valence-electron chi connectivity index (χ4n) is 3.32. The first-order valence-corrected chi connectivity index (χ1v) is 9.81. The molecule has 1 saturated heterocycles. The maximum atomic E-state index is 4.76. The summed E-state index contributed by atoms with van der Waals surface area (Å²) in [6.45, 7) is 8.12. The van der Waals surface area contributed by atoms with E-state index >= 15 is 0 Å². The highest BCUT2D eigenvalue weighted by Gasteiger charge is 2.31. The zero-order chi connectivity index (χ0) is 17.6. The summed E-state index contributed by atoms with van der Waals surface area (Å²) in [5.74, 6) is 2.74. The molecule has 148 valence electrons. The molecule has 1 aromatic heterocycles. The molecule has 1 saturated carbocycles. The molecule has 1 aliphatic heterocycles. The van der Waals surface area contributed by atoms with Crippen molar-refractivity contribution in [2.24, 2.45) is 12.0 Å². The molecule has 3 rings (SSSR count). The van der Waals surface area contributed by atoms with Crippen LogP contribution in [0.3, 0.4) is 0 Å². The van der Waals surface area contributed by atoms with Crippen molar-refractivity contribution in [1.82, 2.24) is 30.3 Å². The number of halogens is 1. The quantitative estimate of drug-likeness (QED) is 0.274. The van der Waals surface area contributed by atoms with Crippen LogP contribution in [0, 0.1) is 6.92 Å². The number of aryl methyl sites for hydroxylation is 1. The van der Waals surface area contributed by atoms with Crippen molar-refractivity contribution < 1.29 is 0 Å². The molecule has 26 heavy (non-hydrogen) atoms. The van der Waals surface area contributed by atoms with E-state index in [0.717, 1.165) is 36.6 Å². The van der Waals surface area contributed by atoms with Crippen LogP contribution in [-0.2, 0) is 13.6 Å². The average Bonchev–Trinajstić information content (AvgIpc) is 3.42. The number of nitrogens with one attached hydrogen (secondary N) is 2. The number of hydrogen-bond donors (Lipinski definition) is 2. The van der Waals surface area contributed by atoms with E-state index in [9.17, 15) is 0 Å². The molecule has 8 heteroatoms. The van der Waals surface area contributed by atoms with Gasteiger partial charge in [-0.2, -0.15) is 0 Å². The number of rotatable bonds is 7. The summed E-state index contributed by atoms with van der Waals surface area (Å²) in [6, 6.07) is 1.40. The number of guanidine groups is 1. The molecular weight excluding hydrogens is 441 g/mol. The molecular formula is C18H34IN7. The number of likely N-dealkylation sites (tertiary alicyclic amines) is 1. The molecule has 0 spiro atoms. The number of nitrogens with zero attached hydrogens (tertiary/aromatic N) is 5. The smallest absolute Gasteiger partial charge is 0.191 e. The second kappa shape index (κ2) is 10.4. The predicted octanol–water partition coefficient (Wildman–Crippen LogP) is 2.20. The minimum Gasteiger partial charge on any atom is -0.356 e. The van der Waals surface area contributed by atoms with E-state index in [1.54, 1.807) is 0 Å². The molecule has 1 aromatic rings. The van der Waals surface area contributed by atoms with Crippen LogP contribution < -0.4 is 10.6 Å². The normalized spacial score (nSPS) is 19.3. The van der Waals surface area contributed by atoms with Gasteiger partial charge in [0.2, 0.25) is 0 Å². The zero-order valence-electron chi connectivity index (χ0n) is 16.4. The minimum atomic E-state index is 0. The van der Waals surface area contributed by atoms with Gasteiger partial charge >= 0.3 is 0 Å². The Balaban J connectivity index is 0.00000243. The summed E-state index contributed by atoms with van der Waals surface area (Å²) in [6.07, 6.45) is 7.55.